The summed E-state index contributed by atoms with van der Waals surface area (Å²) in [6.45, 7) is 4.71. The molecular formula is C16H19Cl2N3O2. The van der Waals surface area contributed by atoms with E-state index in [1.807, 2.05) is 23.7 Å². The van der Waals surface area contributed by atoms with Gasteiger partial charge in [-0.3, -0.25) is 4.68 Å². The highest BCUT2D eigenvalue weighted by atomic mass is 35.5. The fourth-order valence-corrected chi connectivity index (χ4v) is 3.20. The van der Waals surface area contributed by atoms with Gasteiger partial charge in [-0.25, -0.2) is 4.79 Å². The molecule has 1 heterocycles. The monoisotopic (exact) mass is 355 g/mol. The third-order valence-corrected chi connectivity index (χ3v) is 3.99. The molecule has 0 bridgehead atoms. The minimum absolute atomic E-state index is 0.200. The predicted molar refractivity (Wildman–Crippen MR) is 91.1 cm³/mol. The van der Waals surface area contributed by atoms with Crippen LogP contribution in [-0.4, -0.2) is 22.5 Å². The van der Waals surface area contributed by atoms with Crippen LogP contribution < -0.4 is 5.73 Å². The van der Waals surface area contributed by atoms with Crippen LogP contribution in [-0.2, 0) is 24.1 Å². The van der Waals surface area contributed by atoms with Crippen LogP contribution in [0.2, 0.25) is 10.0 Å². The standard InChI is InChI=1S/C16H19Cl2N3O2/c1-3-15-14(8-11-6-12(17)9-13(18)7-11)10(2)20-21(15)4-5-23-16(19)22/h6-7,9H,3-5,8H2,1-2H3,(H2,19,22). The Labute approximate surface area is 145 Å². The van der Waals surface area contributed by atoms with Crippen molar-refractivity contribution in [3.63, 3.8) is 0 Å². The number of aryl methyl sites for hydroxylation is 1. The Hall–Kier alpha value is -1.72. The van der Waals surface area contributed by atoms with Gasteiger partial charge in [-0.2, -0.15) is 5.10 Å². The zero-order chi connectivity index (χ0) is 17.0. The van der Waals surface area contributed by atoms with E-state index in [9.17, 15) is 4.79 Å². The number of primary amides is 1. The molecule has 0 saturated heterocycles. The van der Waals surface area contributed by atoms with E-state index in [0.29, 0.717) is 23.0 Å². The molecule has 124 valence electrons. The Bertz CT molecular complexity index is 693. The zero-order valence-electron chi connectivity index (χ0n) is 13.1. The van der Waals surface area contributed by atoms with E-state index in [-0.39, 0.29) is 6.61 Å². The summed E-state index contributed by atoms with van der Waals surface area (Å²) < 4.78 is 6.65. The van der Waals surface area contributed by atoms with Gasteiger partial charge in [0.2, 0.25) is 0 Å². The zero-order valence-corrected chi connectivity index (χ0v) is 14.6. The van der Waals surface area contributed by atoms with Crippen molar-refractivity contribution in [2.45, 2.75) is 33.2 Å². The molecule has 2 aromatic rings. The number of ether oxygens (including phenoxy) is 1. The quantitative estimate of drug-likeness (QED) is 0.857. The van der Waals surface area contributed by atoms with Crippen molar-refractivity contribution in [2.24, 2.45) is 5.73 Å². The molecule has 0 aliphatic carbocycles. The largest absolute Gasteiger partial charge is 0.448 e. The molecule has 1 aromatic carbocycles. The maximum absolute atomic E-state index is 10.7. The van der Waals surface area contributed by atoms with Crippen molar-refractivity contribution in [3.8, 4) is 0 Å². The Morgan fingerprint density at radius 1 is 1.30 bits per heavy atom. The third-order valence-electron chi connectivity index (χ3n) is 3.55. The van der Waals surface area contributed by atoms with Gasteiger partial charge in [0.25, 0.3) is 0 Å². The van der Waals surface area contributed by atoms with Crippen LogP contribution >= 0.6 is 23.2 Å². The van der Waals surface area contributed by atoms with Gasteiger partial charge in [0.1, 0.15) is 6.61 Å². The smallest absolute Gasteiger partial charge is 0.404 e. The van der Waals surface area contributed by atoms with Crippen LogP contribution in [0.25, 0.3) is 0 Å². The predicted octanol–water partition coefficient (Wildman–Crippen LogP) is 3.75. The average molecular weight is 356 g/mol. The Balaban J connectivity index is 2.24. The molecule has 0 aliphatic rings. The van der Waals surface area contributed by atoms with Gasteiger partial charge < -0.3 is 10.5 Å². The number of amides is 1. The first-order valence-electron chi connectivity index (χ1n) is 7.33. The number of nitrogens with two attached hydrogens (primary N) is 1. The topological polar surface area (TPSA) is 70.1 Å². The van der Waals surface area contributed by atoms with Gasteiger partial charge in [-0.05, 0) is 37.1 Å². The third kappa shape index (κ3) is 4.62. The number of rotatable bonds is 6. The van der Waals surface area contributed by atoms with E-state index in [0.717, 1.165) is 28.9 Å². The number of benzene rings is 1. The van der Waals surface area contributed by atoms with Crippen LogP contribution in [0, 0.1) is 6.92 Å². The van der Waals surface area contributed by atoms with Crippen LogP contribution in [0.15, 0.2) is 18.2 Å². The van der Waals surface area contributed by atoms with E-state index >= 15 is 0 Å². The van der Waals surface area contributed by atoms with Crippen molar-refractivity contribution in [1.82, 2.24) is 9.78 Å². The molecule has 2 N–H and O–H groups in total. The molecule has 5 nitrogen and oxygen atoms in total. The fourth-order valence-electron chi connectivity index (χ4n) is 2.63. The summed E-state index contributed by atoms with van der Waals surface area (Å²) in [5.74, 6) is 0. The molecule has 0 saturated carbocycles. The van der Waals surface area contributed by atoms with Gasteiger partial charge in [0.15, 0.2) is 0 Å². The van der Waals surface area contributed by atoms with E-state index in [1.54, 1.807) is 6.07 Å². The molecule has 0 atom stereocenters. The van der Waals surface area contributed by atoms with Crippen molar-refractivity contribution in [3.05, 3.63) is 50.8 Å². The van der Waals surface area contributed by atoms with Crippen molar-refractivity contribution in [1.29, 1.82) is 0 Å². The fraction of sp³-hybridized carbons (Fsp3) is 0.375. The van der Waals surface area contributed by atoms with E-state index in [4.69, 9.17) is 33.7 Å². The lowest BCUT2D eigenvalue weighted by molar-refractivity contribution is 0.150. The molecule has 0 radical (unpaired) electrons. The summed E-state index contributed by atoms with van der Waals surface area (Å²) in [7, 11) is 0. The Morgan fingerprint density at radius 3 is 2.52 bits per heavy atom. The van der Waals surface area contributed by atoms with Gasteiger partial charge >= 0.3 is 6.09 Å². The molecule has 0 aliphatic heterocycles. The number of carbonyl (C=O) groups is 1. The lowest BCUT2D eigenvalue weighted by Crippen LogP contribution is -2.18. The van der Waals surface area contributed by atoms with Crippen molar-refractivity contribution in [2.75, 3.05) is 6.61 Å². The van der Waals surface area contributed by atoms with Crippen molar-refractivity contribution < 1.29 is 9.53 Å². The van der Waals surface area contributed by atoms with Gasteiger partial charge in [0, 0.05) is 27.7 Å². The molecule has 0 spiro atoms. The Kier molecular flexibility index (Phi) is 5.91. The number of aromatic nitrogens is 2. The first-order chi connectivity index (χ1) is 10.9. The summed E-state index contributed by atoms with van der Waals surface area (Å²) in [5.41, 5.74) is 9.20. The summed E-state index contributed by atoms with van der Waals surface area (Å²) in [4.78, 5) is 10.7. The molecule has 23 heavy (non-hydrogen) atoms. The van der Waals surface area contributed by atoms with Crippen LogP contribution in [0.4, 0.5) is 4.79 Å². The van der Waals surface area contributed by atoms with Crippen LogP contribution in [0.5, 0.6) is 0 Å². The Morgan fingerprint density at radius 2 is 1.96 bits per heavy atom. The van der Waals surface area contributed by atoms with Crippen LogP contribution in [0.1, 0.15) is 29.4 Å². The number of halogens is 2. The molecular weight excluding hydrogens is 337 g/mol. The number of nitrogens with zero attached hydrogens (tertiary/aromatic N) is 2. The number of hydrogen-bond donors (Lipinski definition) is 1. The second-order valence-corrected chi connectivity index (χ2v) is 6.08. The number of hydrogen-bond acceptors (Lipinski definition) is 3. The molecule has 2 rings (SSSR count). The maximum Gasteiger partial charge on any atom is 0.404 e. The van der Waals surface area contributed by atoms with E-state index < -0.39 is 6.09 Å². The molecule has 0 fully saturated rings. The van der Waals surface area contributed by atoms with E-state index in [1.165, 1.54) is 0 Å². The summed E-state index contributed by atoms with van der Waals surface area (Å²) >= 11 is 12.1. The van der Waals surface area contributed by atoms with E-state index in [2.05, 4.69) is 12.0 Å². The van der Waals surface area contributed by atoms with Gasteiger partial charge in [-0.1, -0.05) is 30.1 Å². The summed E-state index contributed by atoms with van der Waals surface area (Å²) in [5, 5.41) is 5.77. The lowest BCUT2D eigenvalue weighted by Gasteiger charge is -2.09. The molecule has 1 aromatic heterocycles. The van der Waals surface area contributed by atoms with Gasteiger partial charge in [0.05, 0.1) is 12.2 Å². The highest BCUT2D eigenvalue weighted by molar-refractivity contribution is 6.34. The second kappa shape index (κ2) is 7.70. The normalized spacial score (nSPS) is 10.8. The lowest BCUT2D eigenvalue weighted by atomic mass is 10.0. The summed E-state index contributed by atoms with van der Waals surface area (Å²) in [6.07, 6.45) is 0.744. The molecule has 1 amide bonds. The summed E-state index contributed by atoms with van der Waals surface area (Å²) in [6, 6.07) is 5.52. The van der Waals surface area contributed by atoms with Crippen molar-refractivity contribution >= 4 is 29.3 Å². The minimum atomic E-state index is -0.777. The average Bonchev–Trinajstić information content (AvgIpc) is 2.73. The first-order valence-corrected chi connectivity index (χ1v) is 8.08. The first kappa shape index (κ1) is 17.6. The highest BCUT2D eigenvalue weighted by Gasteiger charge is 2.15. The number of carbonyl (C=O) groups excluding carboxylic acids is 1. The minimum Gasteiger partial charge on any atom is -0.448 e. The maximum atomic E-state index is 10.7. The van der Waals surface area contributed by atoms with Gasteiger partial charge in [-0.15, -0.1) is 0 Å². The second-order valence-electron chi connectivity index (χ2n) is 5.21. The van der Waals surface area contributed by atoms with Crippen LogP contribution in [0.3, 0.4) is 0 Å². The molecule has 0 unspecified atom stereocenters. The molecule has 7 heteroatoms. The SMILES string of the molecule is CCc1c(Cc2cc(Cl)cc(Cl)c2)c(C)nn1CCOC(N)=O. The highest BCUT2D eigenvalue weighted by Crippen LogP contribution is 2.24.